The molecule has 10 heteroatoms. The smallest absolute Gasteiger partial charge is 0.242 e. The number of carbonyl (C=O) groups excluding carboxylic acids is 2. The number of likely N-dealkylation sites (N-methyl/N-ethyl adjacent to an activating group) is 1. The zero-order valence-corrected chi connectivity index (χ0v) is 20.8. The third-order valence-corrected chi connectivity index (χ3v) is 6.62. The molecular formula is C23H30ClN3O5S. The van der Waals surface area contributed by atoms with Gasteiger partial charge < -0.3 is 15.0 Å². The lowest BCUT2D eigenvalue weighted by molar-refractivity contribution is -0.140. The van der Waals surface area contributed by atoms with Crippen molar-refractivity contribution < 1.29 is 22.7 Å². The van der Waals surface area contributed by atoms with E-state index in [2.05, 4.69) is 5.32 Å². The van der Waals surface area contributed by atoms with Crippen LogP contribution in [0.2, 0.25) is 5.02 Å². The lowest BCUT2D eigenvalue weighted by Crippen LogP contribution is -2.46. The van der Waals surface area contributed by atoms with E-state index in [9.17, 15) is 18.0 Å². The Morgan fingerprint density at radius 3 is 2.33 bits per heavy atom. The Kier molecular flexibility index (Phi) is 9.55. The van der Waals surface area contributed by atoms with E-state index in [1.807, 2.05) is 0 Å². The van der Waals surface area contributed by atoms with Gasteiger partial charge in [-0.2, -0.15) is 0 Å². The van der Waals surface area contributed by atoms with Crippen molar-refractivity contribution in [2.45, 2.75) is 32.4 Å². The molecule has 0 aliphatic heterocycles. The highest BCUT2D eigenvalue weighted by molar-refractivity contribution is 7.92. The third kappa shape index (κ3) is 7.36. The van der Waals surface area contributed by atoms with E-state index >= 15 is 0 Å². The van der Waals surface area contributed by atoms with Crippen molar-refractivity contribution in [1.82, 2.24) is 10.2 Å². The Bertz CT molecular complexity index is 1060. The first-order chi connectivity index (χ1) is 15.6. The summed E-state index contributed by atoms with van der Waals surface area (Å²) in [7, 11) is -0.619. The number of anilines is 1. The Morgan fingerprint density at radius 1 is 1.12 bits per heavy atom. The van der Waals surface area contributed by atoms with Crippen molar-refractivity contribution in [2.75, 3.05) is 31.3 Å². The van der Waals surface area contributed by atoms with Gasteiger partial charge in [0.2, 0.25) is 21.8 Å². The fourth-order valence-corrected chi connectivity index (χ4v) is 4.49. The second-order valence-corrected chi connectivity index (χ2v) is 9.89. The Balaban J connectivity index is 2.16. The highest BCUT2D eigenvalue weighted by Crippen LogP contribution is 2.29. The topological polar surface area (TPSA) is 96.0 Å². The number of nitrogens with one attached hydrogen (secondary N) is 1. The predicted molar refractivity (Wildman–Crippen MR) is 130 cm³/mol. The highest BCUT2D eigenvalue weighted by atomic mass is 35.5. The van der Waals surface area contributed by atoms with Crippen LogP contribution in [0.15, 0.2) is 48.5 Å². The Morgan fingerprint density at radius 2 is 1.76 bits per heavy atom. The van der Waals surface area contributed by atoms with Crippen LogP contribution in [-0.4, -0.2) is 58.1 Å². The van der Waals surface area contributed by atoms with Crippen molar-refractivity contribution >= 4 is 39.1 Å². The van der Waals surface area contributed by atoms with Crippen LogP contribution in [0.3, 0.4) is 0 Å². The van der Waals surface area contributed by atoms with Gasteiger partial charge in [0, 0.05) is 31.6 Å². The van der Waals surface area contributed by atoms with Crippen LogP contribution in [0, 0.1) is 0 Å². The molecule has 8 nitrogen and oxygen atoms in total. The maximum absolute atomic E-state index is 13.1. The summed E-state index contributed by atoms with van der Waals surface area (Å²) in [5.41, 5.74) is 1.24. The molecule has 0 radical (unpaired) electrons. The molecule has 0 heterocycles. The fourth-order valence-electron chi connectivity index (χ4n) is 3.40. The number of rotatable bonds is 11. The number of methoxy groups -OCH3 is 1. The van der Waals surface area contributed by atoms with Crippen LogP contribution in [0.25, 0.3) is 0 Å². The molecule has 1 N–H and O–H groups in total. The summed E-state index contributed by atoms with van der Waals surface area (Å²) in [4.78, 5) is 26.8. The number of sulfonamides is 1. The molecule has 2 amide bonds. The summed E-state index contributed by atoms with van der Waals surface area (Å²) in [6.07, 6.45) is 1.44. The van der Waals surface area contributed by atoms with E-state index in [0.29, 0.717) is 16.5 Å². The van der Waals surface area contributed by atoms with Crippen LogP contribution in [0.4, 0.5) is 5.69 Å². The molecule has 0 aliphatic rings. The van der Waals surface area contributed by atoms with E-state index in [1.54, 1.807) is 55.5 Å². The number of halogens is 1. The van der Waals surface area contributed by atoms with Gasteiger partial charge in [0.25, 0.3) is 0 Å². The molecule has 1 atom stereocenters. The Hall–Kier alpha value is -2.78. The number of para-hydroxylation sites is 2. The van der Waals surface area contributed by atoms with Crippen molar-refractivity contribution in [1.29, 1.82) is 0 Å². The number of benzene rings is 2. The zero-order valence-electron chi connectivity index (χ0n) is 19.2. The molecule has 0 unspecified atom stereocenters. The number of hydrogen-bond acceptors (Lipinski definition) is 5. The average Bonchev–Trinajstić information content (AvgIpc) is 2.79. The molecule has 0 aliphatic carbocycles. The van der Waals surface area contributed by atoms with Crippen molar-refractivity contribution in [3.63, 3.8) is 0 Å². The number of hydrogen-bond donors (Lipinski definition) is 1. The van der Waals surface area contributed by atoms with Gasteiger partial charge in [0.1, 0.15) is 11.8 Å². The summed E-state index contributed by atoms with van der Waals surface area (Å²) in [5, 5.41) is 3.15. The first kappa shape index (κ1) is 26.5. The third-order valence-electron chi connectivity index (χ3n) is 5.19. The fraction of sp³-hybridized carbons (Fsp3) is 0.391. The van der Waals surface area contributed by atoms with Crippen LogP contribution in [-0.2, 0) is 26.2 Å². The van der Waals surface area contributed by atoms with Crippen molar-refractivity contribution in [2.24, 2.45) is 0 Å². The van der Waals surface area contributed by atoms with Gasteiger partial charge in [-0.3, -0.25) is 13.9 Å². The second kappa shape index (κ2) is 11.9. The zero-order chi connectivity index (χ0) is 24.6. The summed E-state index contributed by atoms with van der Waals surface area (Å²) >= 11 is 5.95. The van der Waals surface area contributed by atoms with Crippen LogP contribution in [0.5, 0.6) is 5.75 Å². The van der Waals surface area contributed by atoms with Crippen LogP contribution in [0.1, 0.15) is 25.3 Å². The van der Waals surface area contributed by atoms with E-state index < -0.39 is 16.1 Å². The highest BCUT2D eigenvalue weighted by Gasteiger charge is 2.26. The molecule has 0 spiro atoms. The second-order valence-electron chi connectivity index (χ2n) is 7.55. The molecule has 0 saturated carbocycles. The largest absolute Gasteiger partial charge is 0.495 e. The maximum Gasteiger partial charge on any atom is 0.242 e. The normalized spacial score (nSPS) is 12.0. The predicted octanol–water partition coefficient (Wildman–Crippen LogP) is 3.06. The first-order valence-electron chi connectivity index (χ1n) is 10.4. The van der Waals surface area contributed by atoms with Crippen molar-refractivity contribution in [3.05, 3.63) is 59.1 Å². The van der Waals surface area contributed by atoms with Crippen molar-refractivity contribution in [3.8, 4) is 5.75 Å². The van der Waals surface area contributed by atoms with E-state index in [1.165, 1.54) is 23.4 Å². The molecule has 0 fully saturated rings. The molecule has 2 aromatic carbocycles. The molecule has 33 heavy (non-hydrogen) atoms. The number of carbonyl (C=O) groups is 2. The van der Waals surface area contributed by atoms with Crippen LogP contribution < -0.4 is 14.4 Å². The summed E-state index contributed by atoms with van der Waals surface area (Å²) in [5.74, 6) is -0.120. The lowest BCUT2D eigenvalue weighted by atomic mass is 10.1. The molecule has 180 valence electrons. The number of ether oxygens (including phenoxy) is 1. The average molecular weight is 496 g/mol. The molecule has 0 aromatic heterocycles. The minimum absolute atomic E-state index is 0.0656. The van der Waals surface area contributed by atoms with E-state index in [0.717, 1.165) is 11.8 Å². The van der Waals surface area contributed by atoms with Gasteiger partial charge in [0.05, 0.1) is 19.1 Å². The van der Waals surface area contributed by atoms with Gasteiger partial charge >= 0.3 is 0 Å². The molecule has 2 rings (SSSR count). The van der Waals surface area contributed by atoms with Gasteiger partial charge in [0.15, 0.2) is 0 Å². The molecule has 0 saturated heterocycles. The standard InChI is InChI=1S/C23H30ClN3O5S/c1-17(23(29)25-2)26(16-18-11-13-19(24)14-12-18)22(28)10-7-15-27(33(4,30)31)20-8-5-6-9-21(20)32-3/h5-6,8-9,11-14,17H,7,10,15-16H2,1-4H3,(H,25,29)/t17-/m1/s1. The van der Waals surface area contributed by atoms with E-state index in [4.69, 9.17) is 16.3 Å². The van der Waals surface area contributed by atoms with Gasteiger partial charge in [-0.05, 0) is 43.2 Å². The lowest BCUT2D eigenvalue weighted by Gasteiger charge is -2.29. The summed E-state index contributed by atoms with van der Waals surface area (Å²) < 4.78 is 31.4. The van der Waals surface area contributed by atoms with Gasteiger partial charge in [-0.25, -0.2) is 8.42 Å². The summed E-state index contributed by atoms with van der Waals surface area (Å²) in [6, 6.07) is 13.2. The minimum Gasteiger partial charge on any atom is -0.495 e. The minimum atomic E-state index is -3.60. The molecular weight excluding hydrogens is 466 g/mol. The van der Waals surface area contributed by atoms with Crippen LogP contribution >= 0.6 is 11.6 Å². The number of nitrogens with zero attached hydrogens (tertiary/aromatic N) is 2. The molecule has 0 bridgehead atoms. The summed E-state index contributed by atoms with van der Waals surface area (Å²) in [6.45, 7) is 1.98. The van der Waals surface area contributed by atoms with Gasteiger partial charge in [-0.1, -0.05) is 35.9 Å². The monoisotopic (exact) mass is 495 g/mol. The first-order valence-corrected chi connectivity index (χ1v) is 12.7. The Labute approximate surface area is 200 Å². The number of amides is 2. The SMILES string of the molecule is CNC(=O)[C@@H](C)N(Cc1ccc(Cl)cc1)C(=O)CCCN(c1ccccc1OC)S(C)(=O)=O. The van der Waals surface area contributed by atoms with Gasteiger partial charge in [-0.15, -0.1) is 0 Å². The maximum atomic E-state index is 13.1. The van der Waals surface area contributed by atoms with E-state index in [-0.39, 0.29) is 37.7 Å². The quantitative estimate of drug-likeness (QED) is 0.517. The molecule has 2 aromatic rings.